The van der Waals surface area contributed by atoms with Gasteiger partial charge in [-0.3, -0.25) is 0 Å². The summed E-state index contributed by atoms with van der Waals surface area (Å²) < 4.78 is 2.57. The number of hydrogen-bond donors (Lipinski definition) is 0. The summed E-state index contributed by atoms with van der Waals surface area (Å²) in [4.78, 5) is 5.01. The molecule has 0 N–H and O–H groups in total. The van der Waals surface area contributed by atoms with Crippen LogP contribution in [0.25, 0.3) is 0 Å². The van der Waals surface area contributed by atoms with Crippen LogP contribution >= 0.6 is 0 Å². The maximum Gasteiger partial charge on any atom is 0.109 e. The van der Waals surface area contributed by atoms with Crippen molar-refractivity contribution in [1.82, 2.24) is 9.55 Å². The number of imidazole rings is 1. The summed E-state index contributed by atoms with van der Waals surface area (Å²) in [6.45, 7) is 9.44. The van der Waals surface area contributed by atoms with Crippen molar-refractivity contribution in [1.29, 1.82) is 0 Å². The molecule has 0 radical (unpaired) electrons. The van der Waals surface area contributed by atoms with Crippen molar-refractivity contribution in [3.05, 3.63) is 17.2 Å². The lowest BCUT2D eigenvalue weighted by molar-refractivity contribution is 0.332. The third-order valence-corrected chi connectivity index (χ3v) is 4.65. The Kier molecular flexibility index (Phi) is 2.39. The van der Waals surface area contributed by atoms with Crippen molar-refractivity contribution in [2.75, 3.05) is 0 Å². The molecule has 1 aromatic heterocycles. The molecule has 2 atom stereocenters. The molecule has 2 heteroatoms. The second kappa shape index (κ2) is 3.60. The van der Waals surface area contributed by atoms with Gasteiger partial charge in [-0.15, -0.1) is 0 Å². The van der Waals surface area contributed by atoms with Crippen LogP contribution in [0.2, 0.25) is 0 Å². The van der Waals surface area contributed by atoms with E-state index in [1.807, 2.05) is 0 Å². The number of fused-ring (bicyclic) bond motifs is 3. The first-order valence-electron chi connectivity index (χ1n) is 7.09. The zero-order valence-electron chi connectivity index (χ0n) is 11.6. The number of aromatic nitrogens is 2. The van der Waals surface area contributed by atoms with Crippen molar-refractivity contribution in [3.8, 4) is 0 Å². The van der Waals surface area contributed by atoms with Crippen LogP contribution in [-0.2, 0) is 18.3 Å². The molecule has 0 bridgehead atoms. The topological polar surface area (TPSA) is 17.8 Å². The van der Waals surface area contributed by atoms with Gasteiger partial charge in [0, 0.05) is 23.6 Å². The zero-order chi connectivity index (χ0) is 12.2. The van der Waals surface area contributed by atoms with Crippen LogP contribution in [0.1, 0.15) is 70.2 Å². The van der Waals surface area contributed by atoms with Gasteiger partial charge in [-0.1, -0.05) is 20.8 Å². The number of nitrogens with zero attached hydrogens (tertiary/aromatic N) is 2. The van der Waals surface area contributed by atoms with Crippen LogP contribution in [0.4, 0.5) is 0 Å². The van der Waals surface area contributed by atoms with E-state index in [2.05, 4.69) is 32.3 Å². The molecule has 3 rings (SSSR count). The van der Waals surface area contributed by atoms with E-state index in [0.717, 1.165) is 5.92 Å². The third-order valence-electron chi connectivity index (χ3n) is 4.65. The Morgan fingerprint density at radius 1 is 1.29 bits per heavy atom. The Morgan fingerprint density at radius 3 is 2.82 bits per heavy atom. The largest absolute Gasteiger partial charge is 0.329 e. The first kappa shape index (κ1) is 11.3. The van der Waals surface area contributed by atoms with Gasteiger partial charge in [0.15, 0.2) is 0 Å². The van der Waals surface area contributed by atoms with E-state index >= 15 is 0 Å². The summed E-state index contributed by atoms with van der Waals surface area (Å²) in [5.41, 5.74) is 3.25. The summed E-state index contributed by atoms with van der Waals surface area (Å²) in [5.74, 6) is 2.15. The van der Waals surface area contributed by atoms with E-state index in [1.54, 1.807) is 5.69 Å². The van der Waals surface area contributed by atoms with Gasteiger partial charge in [-0.05, 0) is 38.5 Å². The summed E-state index contributed by atoms with van der Waals surface area (Å²) in [6, 6.07) is 0.652. The van der Waals surface area contributed by atoms with Gasteiger partial charge in [-0.25, -0.2) is 4.98 Å². The lowest BCUT2D eigenvalue weighted by atomic mass is 9.78. The number of hydrogen-bond acceptors (Lipinski definition) is 1. The highest BCUT2D eigenvalue weighted by Crippen LogP contribution is 2.40. The predicted molar refractivity (Wildman–Crippen MR) is 70.4 cm³/mol. The average Bonchev–Trinajstić information content (AvgIpc) is 2.57. The highest BCUT2D eigenvalue weighted by molar-refractivity contribution is 5.29. The van der Waals surface area contributed by atoms with E-state index in [-0.39, 0.29) is 0 Å². The van der Waals surface area contributed by atoms with Gasteiger partial charge in [-0.2, -0.15) is 0 Å². The minimum atomic E-state index is 0.293. The Bertz CT molecular complexity index is 442. The second-order valence-electron chi connectivity index (χ2n) is 6.82. The molecule has 0 saturated heterocycles. The summed E-state index contributed by atoms with van der Waals surface area (Å²) in [6.07, 6.45) is 6.35. The van der Waals surface area contributed by atoms with Gasteiger partial charge in [0.2, 0.25) is 0 Å². The molecule has 1 aliphatic carbocycles. The molecule has 2 aliphatic rings. The molecule has 94 valence electrons. The third kappa shape index (κ3) is 1.64. The standard InChI is InChI=1S/C15H24N2/c1-10-8-11(2)17-12-6-5-7-15(3,4)14(12)16-13(17)9-10/h10-11H,5-9H2,1-4H3. The van der Waals surface area contributed by atoms with E-state index in [9.17, 15) is 0 Å². The fourth-order valence-corrected chi connectivity index (χ4v) is 3.86. The van der Waals surface area contributed by atoms with Gasteiger partial charge in [0.25, 0.3) is 0 Å². The molecular weight excluding hydrogens is 208 g/mol. The Morgan fingerprint density at radius 2 is 2.06 bits per heavy atom. The zero-order valence-corrected chi connectivity index (χ0v) is 11.6. The number of rotatable bonds is 0. The van der Waals surface area contributed by atoms with Gasteiger partial charge < -0.3 is 4.57 Å². The SMILES string of the molecule is CC1Cc2nc3c(n2C(C)C1)CCCC3(C)C. The van der Waals surface area contributed by atoms with E-state index < -0.39 is 0 Å². The lowest BCUT2D eigenvalue weighted by Gasteiger charge is -2.32. The predicted octanol–water partition coefficient (Wildman–Crippen LogP) is 3.64. The Hall–Kier alpha value is -0.790. The normalized spacial score (nSPS) is 30.8. The minimum Gasteiger partial charge on any atom is -0.329 e. The van der Waals surface area contributed by atoms with Crippen molar-refractivity contribution in [3.63, 3.8) is 0 Å². The molecule has 2 unspecified atom stereocenters. The molecule has 2 heterocycles. The Balaban J connectivity index is 2.14. The highest BCUT2D eigenvalue weighted by atomic mass is 15.1. The minimum absolute atomic E-state index is 0.293. The van der Waals surface area contributed by atoms with Crippen LogP contribution < -0.4 is 0 Å². The van der Waals surface area contributed by atoms with E-state index in [4.69, 9.17) is 4.98 Å². The van der Waals surface area contributed by atoms with Gasteiger partial charge >= 0.3 is 0 Å². The molecule has 0 aromatic carbocycles. The van der Waals surface area contributed by atoms with Crippen molar-refractivity contribution < 1.29 is 0 Å². The first-order chi connectivity index (χ1) is 7.99. The summed E-state index contributed by atoms with van der Waals surface area (Å²) in [5, 5.41) is 0. The molecule has 17 heavy (non-hydrogen) atoms. The van der Waals surface area contributed by atoms with Crippen LogP contribution in [-0.4, -0.2) is 9.55 Å². The van der Waals surface area contributed by atoms with Gasteiger partial charge in [0.1, 0.15) is 5.82 Å². The van der Waals surface area contributed by atoms with Crippen LogP contribution in [0, 0.1) is 5.92 Å². The maximum atomic E-state index is 5.01. The Labute approximate surface area is 104 Å². The summed E-state index contributed by atoms with van der Waals surface area (Å²) in [7, 11) is 0. The van der Waals surface area contributed by atoms with Crippen LogP contribution in [0.3, 0.4) is 0 Å². The average molecular weight is 232 g/mol. The maximum absolute atomic E-state index is 5.01. The first-order valence-corrected chi connectivity index (χ1v) is 7.09. The smallest absolute Gasteiger partial charge is 0.109 e. The van der Waals surface area contributed by atoms with Crippen LogP contribution in [0.5, 0.6) is 0 Å². The molecule has 0 saturated carbocycles. The monoisotopic (exact) mass is 232 g/mol. The fraction of sp³-hybridized carbons (Fsp3) is 0.800. The highest BCUT2D eigenvalue weighted by Gasteiger charge is 2.35. The molecule has 0 amide bonds. The molecule has 2 nitrogen and oxygen atoms in total. The van der Waals surface area contributed by atoms with Crippen molar-refractivity contribution in [2.45, 2.75) is 71.3 Å². The van der Waals surface area contributed by atoms with Crippen LogP contribution in [0.15, 0.2) is 0 Å². The fourth-order valence-electron chi connectivity index (χ4n) is 3.86. The van der Waals surface area contributed by atoms with E-state index in [0.29, 0.717) is 11.5 Å². The second-order valence-corrected chi connectivity index (χ2v) is 6.82. The quantitative estimate of drug-likeness (QED) is 0.667. The lowest BCUT2D eigenvalue weighted by Crippen LogP contribution is -2.26. The molecule has 0 fully saturated rings. The molecule has 1 aliphatic heterocycles. The molecule has 1 aromatic rings. The summed E-state index contributed by atoms with van der Waals surface area (Å²) >= 11 is 0. The molecular formula is C15H24N2. The molecule has 0 spiro atoms. The van der Waals surface area contributed by atoms with Gasteiger partial charge in [0.05, 0.1) is 5.69 Å². The van der Waals surface area contributed by atoms with E-state index in [1.165, 1.54) is 43.6 Å². The van der Waals surface area contributed by atoms with Crippen molar-refractivity contribution >= 4 is 0 Å². The van der Waals surface area contributed by atoms with Crippen molar-refractivity contribution in [2.24, 2.45) is 5.92 Å².